The molecule has 9 heteroatoms. The van der Waals surface area contributed by atoms with Gasteiger partial charge in [-0.15, -0.1) is 0 Å². The molecule has 0 amide bonds. The molecule has 6 nitrogen and oxygen atoms in total. The SMILES string of the molecule is CCOC(=O)C1=C(c2ccccc2)N=c2s/c(=C\c3cc(Cl)ccc3OCc3ccc(Br)cc3)c(=O)n2[C@@H]1c1ccccc1. The zero-order valence-corrected chi connectivity index (χ0v) is 26.7. The van der Waals surface area contributed by atoms with Gasteiger partial charge in [0, 0.05) is 20.6 Å². The predicted molar refractivity (Wildman–Crippen MR) is 177 cm³/mol. The number of esters is 1. The van der Waals surface area contributed by atoms with E-state index in [1.165, 1.54) is 11.3 Å². The zero-order valence-electron chi connectivity index (χ0n) is 23.6. The third-order valence-electron chi connectivity index (χ3n) is 7.06. The van der Waals surface area contributed by atoms with Gasteiger partial charge in [0.25, 0.3) is 5.56 Å². The van der Waals surface area contributed by atoms with Crippen LogP contribution in [0.5, 0.6) is 5.75 Å². The summed E-state index contributed by atoms with van der Waals surface area (Å²) in [5, 5.41) is 0.512. The van der Waals surface area contributed by atoms with Crippen molar-refractivity contribution in [1.29, 1.82) is 0 Å². The minimum absolute atomic E-state index is 0.189. The van der Waals surface area contributed by atoms with E-state index in [9.17, 15) is 9.59 Å². The number of nitrogens with zero attached hydrogens (tertiary/aromatic N) is 2. The number of hydrogen-bond donors (Lipinski definition) is 0. The summed E-state index contributed by atoms with van der Waals surface area (Å²) in [5.74, 6) is 0.0663. The first-order valence-electron chi connectivity index (χ1n) is 13.9. The average Bonchev–Trinajstić information content (AvgIpc) is 3.35. The van der Waals surface area contributed by atoms with E-state index >= 15 is 0 Å². The molecule has 1 aliphatic heterocycles. The first-order chi connectivity index (χ1) is 21.4. The van der Waals surface area contributed by atoms with Gasteiger partial charge in [-0.25, -0.2) is 9.79 Å². The Morgan fingerprint density at radius 1 is 1.00 bits per heavy atom. The van der Waals surface area contributed by atoms with Crippen molar-refractivity contribution in [1.82, 2.24) is 4.57 Å². The summed E-state index contributed by atoms with van der Waals surface area (Å²) in [6.07, 6.45) is 1.77. The molecule has 1 aromatic heterocycles. The molecule has 0 bridgehead atoms. The predicted octanol–water partition coefficient (Wildman–Crippen LogP) is 6.93. The molecule has 0 aliphatic carbocycles. The van der Waals surface area contributed by atoms with Gasteiger partial charge in [-0.1, -0.05) is 112 Å². The largest absolute Gasteiger partial charge is 0.488 e. The van der Waals surface area contributed by atoms with Crippen molar-refractivity contribution in [2.24, 2.45) is 4.99 Å². The Labute approximate surface area is 271 Å². The fourth-order valence-electron chi connectivity index (χ4n) is 5.04. The number of hydrogen-bond acceptors (Lipinski definition) is 6. The van der Waals surface area contributed by atoms with Crippen LogP contribution >= 0.6 is 38.9 Å². The van der Waals surface area contributed by atoms with Crippen LogP contribution in [0.2, 0.25) is 5.02 Å². The van der Waals surface area contributed by atoms with Crippen LogP contribution in [0, 0.1) is 0 Å². The van der Waals surface area contributed by atoms with Crippen molar-refractivity contribution in [2.45, 2.75) is 19.6 Å². The second kappa shape index (κ2) is 13.2. The molecule has 0 radical (unpaired) electrons. The molecule has 0 spiro atoms. The molecule has 4 aromatic carbocycles. The van der Waals surface area contributed by atoms with Crippen molar-refractivity contribution in [2.75, 3.05) is 6.61 Å². The van der Waals surface area contributed by atoms with E-state index in [4.69, 9.17) is 26.1 Å². The highest BCUT2D eigenvalue weighted by atomic mass is 79.9. The quantitative estimate of drug-likeness (QED) is 0.166. The molecule has 44 heavy (non-hydrogen) atoms. The molecule has 0 saturated heterocycles. The maximum atomic E-state index is 14.2. The fraction of sp³-hybridized carbons (Fsp3) is 0.114. The van der Waals surface area contributed by atoms with Gasteiger partial charge in [-0.05, 0) is 54.5 Å². The van der Waals surface area contributed by atoms with Crippen molar-refractivity contribution in [3.63, 3.8) is 0 Å². The van der Waals surface area contributed by atoms with E-state index in [-0.39, 0.29) is 12.2 Å². The topological polar surface area (TPSA) is 69.9 Å². The third-order valence-corrected chi connectivity index (χ3v) is 8.80. The molecule has 1 atom stereocenters. The van der Waals surface area contributed by atoms with E-state index in [1.807, 2.05) is 84.9 Å². The number of thiazole rings is 1. The molecule has 5 aromatic rings. The first-order valence-corrected chi connectivity index (χ1v) is 15.9. The molecular weight excluding hydrogens is 660 g/mol. The second-order valence-corrected chi connectivity index (χ2v) is 12.3. The number of carbonyl (C=O) groups is 1. The van der Waals surface area contributed by atoms with Gasteiger partial charge < -0.3 is 9.47 Å². The lowest BCUT2D eigenvalue weighted by atomic mass is 9.93. The van der Waals surface area contributed by atoms with E-state index < -0.39 is 12.0 Å². The van der Waals surface area contributed by atoms with Crippen molar-refractivity contribution in [3.05, 3.63) is 160 Å². The molecule has 0 fully saturated rings. The number of rotatable bonds is 8. The number of fused-ring (bicyclic) bond motifs is 1. The van der Waals surface area contributed by atoms with Crippen LogP contribution < -0.4 is 19.6 Å². The molecule has 0 N–H and O–H groups in total. The summed E-state index contributed by atoms with van der Waals surface area (Å²) in [7, 11) is 0. The van der Waals surface area contributed by atoms with Crippen molar-refractivity contribution < 1.29 is 14.3 Å². The highest BCUT2D eigenvalue weighted by Crippen LogP contribution is 2.35. The van der Waals surface area contributed by atoms with Gasteiger partial charge in [-0.3, -0.25) is 9.36 Å². The molecule has 2 heterocycles. The van der Waals surface area contributed by atoms with Gasteiger partial charge in [0.2, 0.25) is 0 Å². The lowest BCUT2D eigenvalue weighted by molar-refractivity contribution is -0.138. The molecule has 220 valence electrons. The Bertz CT molecular complexity index is 2040. The lowest BCUT2D eigenvalue weighted by Crippen LogP contribution is -2.40. The Hall–Kier alpha value is -4.24. The van der Waals surface area contributed by atoms with Crippen LogP contribution in [-0.4, -0.2) is 17.1 Å². The van der Waals surface area contributed by atoms with Crippen LogP contribution in [-0.2, 0) is 16.1 Å². The van der Waals surface area contributed by atoms with Crippen LogP contribution in [0.25, 0.3) is 11.8 Å². The molecule has 0 unspecified atom stereocenters. The lowest BCUT2D eigenvalue weighted by Gasteiger charge is -2.25. The summed E-state index contributed by atoms with van der Waals surface area (Å²) >= 11 is 11.1. The zero-order chi connectivity index (χ0) is 30.6. The summed E-state index contributed by atoms with van der Waals surface area (Å²) in [4.78, 5) is 33.2. The Morgan fingerprint density at radius 3 is 2.41 bits per heavy atom. The third kappa shape index (κ3) is 6.19. The van der Waals surface area contributed by atoms with E-state index in [2.05, 4.69) is 15.9 Å². The maximum Gasteiger partial charge on any atom is 0.338 e. The first kappa shape index (κ1) is 29.8. The maximum absolute atomic E-state index is 14.2. The van der Waals surface area contributed by atoms with Gasteiger partial charge >= 0.3 is 5.97 Å². The Morgan fingerprint density at radius 2 is 1.70 bits per heavy atom. The fourth-order valence-corrected chi connectivity index (χ4v) is 6.47. The van der Waals surface area contributed by atoms with Crippen molar-refractivity contribution >= 4 is 56.6 Å². The number of carbonyl (C=O) groups excluding carboxylic acids is 1. The van der Waals surface area contributed by atoms with Crippen molar-refractivity contribution in [3.8, 4) is 5.75 Å². The van der Waals surface area contributed by atoms with Crippen LogP contribution in [0.15, 0.2) is 123 Å². The minimum Gasteiger partial charge on any atom is -0.488 e. The summed E-state index contributed by atoms with van der Waals surface area (Å²) in [6.45, 7) is 2.29. The van der Waals surface area contributed by atoms with E-state index in [1.54, 1.807) is 35.8 Å². The molecule has 6 rings (SSSR count). The summed E-state index contributed by atoms with van der Waals surface area (Å²) in [6, 6.07) is 31.4. The second-order valence-electron chi connectivity index (χ2n) is 9.94. The normalized spacial score (nSPS) is 14.6. The minimum atomic E-state index is -0.739. The molecular formula is C35H26BrClN2O4S. The monoisotopic (exact) mass is 684 g/mol. The molecule has 0 saturated carbocycles. The van der Waals surface area contributed by atoms with Gasteiger partial charge in [-0.2, -0.15) is 0 Å². The van der Waals surface area contributed by atoms with Gasteiger partial charge in [0.1, 0.15) is 12.4 Å². The highest BCUT2D eigenvalue weighted by Gasteiger charge is 2.35. The van der Waals surface area contributed by atoms with Crippen LogP contribution in [0.3, 0.4) is 0 Å². The number of benzene rings is 4. The van der Waals surface area contributed by atoms with Gasteiger partial charge in [0.05, 0.1) is 28.5 Å². The summed E-state index contributed by atoms with van der Waals surface area (Å²) in [5.41, 5.74) is 3.69. The smallest absolute Gasteiger partial charge is 0.338 e. The highest BCUT2D eigenvalue weighted by molar-refractivity contribution is 9.10. The molecule has 1 aliphatic rings. The van der Waals surface area contributed by atoms with E-state index in [0.29, 0.717) is 43.5 Å². The number of halogens is 2. The number of aromatic nitrogens is 1. The van der Waals surface area contributed by atoms with Crippen LogP contribution in [0.1, 0.15) is 35.2 Å². The van der Waals surface area contributed by atoms with E-state index in [0.717, 1.165) is 21.2 Å². The number of ether oxygens (including phenoxy) is 2. The Kier molecular flexibility index (Phi) is 8.93. The average molecular weight is 686 g/mol. The van der Waals surface area contributed by atoms with Crippen LogP contribution in [0.4, 0.5) is 0 Å². The Balaban J connectivity index is 1.52. The van der Waals surface area contributed by atoms with Gasteiger partial charge in [0.15, 0.2) is 4.80 Å². The standard InChI is InChI=1S/C35H26BrClN2O4S/c1-2-42-34(41)30-31(23-9-5-3-6-10-23)38-35-39(32(30)24-11-7-4-8-12-24)33(40)29(44-35)20-25-19-27(37)17-18-28(25)43-21-22-13-15-26(36)16-14-22/h3-20,32H,2,21H2,1H3/b29-20-/t32-/m1/s1. The summed E-state index contributed by atoms with van der Waals surface area (Å²) < 4.78 is 14.7.